The van der Waals surface area contributed by atoms with Gasteiger partial charge in [-0.1, -0.05) is 6.07 Å². The molecule has 2 N–H and O–H groups in total. The summed E-state index contributed by atoms with van der Waals surface area (Å²) in [6.07, 6.45) is 7.47. The number of esters is 1. The Kier molecular flexibility index (Phi) is 5.43. The fraction of sp³-hybridized carbons (Fsp3) is 0.391. The molecule has 1 aliphatic carbocycles. The minimum Gasteiger partial charge on any atom is -0.488 e. The van der Waals surface area contributed by atoms with Gasteiger partial charge in [0.15, 0.2) is 0 Å². The topological polar surface area (TPSA) is 79.4 Å². The lowest BCUT2D eigenvalue weighted by Gasteiger charge is -2.20. The van der Waals surface area contributed by atoms with E-state index in [4.69, 9.17) is 15.2 Å². The van der Waals surface area contributed by atoms with Crippen molar-refractivity contribution in [3.05, 3.63) is 42.1 Å². The molecule has 0 radical (unpaired) electrons. The number of fused-ring (bicyclic) bond motifs is 1. The minimum atomic E-state index is -0.229. The standard InChI is InChI=1S/C23H27N3O3/c1-26-21-9-8-16(13-17(21)14-25-26)19-11-15(7-10-22(27)28-2)12-20(24)23(19)29-18-5-3-4-6-18/h8-9,11-14,18H,3-7,10,24H2,1-2H3. The van der Waals surface area contributed by atoms with Crippen LogP contribution in [-0.2, 0) is 23.0 Å². The first kappa shape index (κ1) is 19.3. The van der Waals surface area contributed by atoms with Crippen LogP contribution in [-0.4, -0.2) is 29.0 Å². The van der Waals surface area contributed by atoms with Crippen molar-refractivity contribution in [3.8, 4) is 16.9 Å². The molecule has 3 aromatic rings. The number of aryl methyl sites for hydroxylation is 2. The third-order valence-electron chi connectivity index (χ3n) is 5.67. The van der Waals surface area contributed by atoms with Crippen molar-refractivity contribution in [2.75, 3.05) is 12.8 Å². The van der Waals surface area contributed by atoms with Crippen molar-refractivity contribution >= 4 is 22.6 Å². The number of rotatable bonds is 6. The fourth-order valence-corrected chi connectivity index (χ4v) is 4.06. The Hall–Kier alpha value is -3.02. The van der Waals surface area contributed by atoms with Crippen LogP contribution >= 0.6 is 0 Å². The first-order chi connectivity index (χ1) is 14.0. The quantitative estimate of drug-likeness (QED) is 0.500. The Bertz CT molecular complexity index is 1040. The molecule has 1 aromatic heterocycles. The summed E-state index contributed by atoms with van der Waals surface area (Å²) in [4.78, 5) is 11.6. The highest BCUT2D eigenvalue weighted by atomic mass is 16.5. The summed E-state index contributed by atoms with van der Waals surface area (Å²) < 4.78 is 13.0. The number of carbonyl (C=O) groups excluding carboxylic acids is 1. The Labute approximate surface area is 170 Å². The minimum absolute atomic E-state index is 0.207. The van der Waals surface area contributed by atoms with Crippen molar-refractivity contribution in [2.24, 2.45) is 7.05 Å². The highest BCUT2D eigenvalue weighted by molar-refractivity contribution is 5.87. The molecule has 0 unspecified atom stereocenters. The number of benzene rings is 2. The zero-order valence-electron chi connectivity index (χ0n) is 17.0. The van der Waals surface area contributed by atoms with Crippen LogP contribution < -0.4 is 10.5 Å². The molecule has 152 valence electrons. The molecular formula is C23H27N3O3. The first-order valence-corrected chi connectivity index (χ1v) is 10.1. The third kappa shape index (κ3) is 4.06. The van der Waals surface area contributed by atoms with E-state index in [1.54, 1.807) is 0 Å². The van der Waals surface area contributed by atoms with Gasteiger partial charge in [-0.25, -0.2) is 0 Å². The number of hydrogen-bond acceptors (Lipinski definition) is 5. The van der Waals surface area contributed by atoms with Crippen molar-refractivity contribution in [2.45, 2.75) is 44.6 Å². The molecule has 1 aliphatic rings. The first-order valence-electron chi connectivity index (χ1n) is 10.1. The van der Waals surface area contributed by atoms with Gasteiger partial charge in [-0.05, 0) is 67.5 Å². The number of hydrogen-bond donors (Lipinski definition) is 1. The van der Waals surface area contributed by atoms with Gasteiger partial charge in [0.2, 0.25) is 0 Å². The molecule has 0 saturated heterocycles. The molecule has 0 amide bonds. The number of nitrogen functional groups attached to an aromatic ring is 1. The second kappa shape index (κ2) is 8.15. The second-order valence-corrected chi connectivity index (χ2v) is 7.70. The van der Waals surface area contributed by atoms with Gasteiger partial charge in [-0.15, -0.1) is 0 Å². The van der Waals surface area contributed by atoms with E-state index in [0.29, 0.717) is 18.5 Å². The molecule has 2 aromatic carbocycles. The highest BCUT2D eigenvalue weighted by Gasteiger charge is 2.21. The number of anilines is 1. The summed E-state index contributed by atoms with van der Waals surface area (Å²) in [6, 6.07) is 10.3. The van der Waals surface area contributed by atoms with Gasteiger partial charge in [-0.2, -0.15) is 5.10 Å². The fourth-order valence-electron chi connectivity index (χ4n) is 4.06. The number of aromatic nitrogens is 2. The van der Waals surface area contributed by atoms with Gasteiger partial charge >= 0.3 is 5.97 Å². The third-order valence-corrected chi connectivity index (χ3v) is 5.67. The van der Waals surface area contributed by atoms with Gasteiger partial charge in [0, 0.05) is 24.4 Å². The summed E-state index contributed by atoms with van der Waals surface area (Å²) >= 11 is 0. The average molecular weight is 393 g/mol. The molecule has 6 nitrogen and oxygen atoms in total. The number of nitrogens with two attached hydrogens (primary N) is 1. The summed E-state index contributed by atoms with van der Waals surface area (Å²) in [5, 5.41) is 5.40. The predicted molar refractivity (Wildman–Crippen MR) is 114 cm³/mol. The van der Waals surface area contributed by atoms with Crippen LogP contribution in [0.15, 0.2) is 36.5 Å². The maximum Gasteiger partial charge on any atom is 0.305 e. The SMILES string of the molecule is COC(=O)CCc1cc(N)c(OC2CCCC2)c(-c2ccc3c(cnn3C)c2)c1. The van der Waals surface area contributed by atoms with E-state index < -0.39 is 0 Å². The van der Waals surface area contributed by atoms with Crippen molar-refractivity contribution < 1.29 is 14.3 Å². The van der Waals surface area contributed by atoms with E-state index in [-0.39, 0.29) is 12.1 Å². The van der Waals surface area contributed by atoms with Crippen LogP contribution in [0.4, 0.5) is 5.69 Å². The summed E-state index contributed by atoms with van der Waals surface area (Å²) in [7, 11) is 3.34. The van der Waals surface area contributed by atoms with Gasteiger partial charge in [-0.3, -0.25) is 9.48 Å². The maximum absolute atomic E-state index is 11.6. The molecule has 0 spiro atoms. The van der Waals surface area contributed by atoms with E-state index >= 15 is 0 Å². The smallest absolute Gasteiger partial charge is 0.305 e. The zero-order chi connectivity index (χ0) is 20.4. The average Bonchev–Trinajstić information content (AvgIpc) is 3.37. The molecular weight excluding hydrogens is 366 g/mol. The Balaban J connectivity index is 1.75. The molecule has 29 heavy (non-hydrogen) atoms. The molecule has 1 heterocycles. The molecule has 0 bridgehead atoms. The van der Waals surface area contributed by atoms with Crippen molar-refractivity contribution in [3.63, 3.8) is 0 Å². The Morgan fingerprint density at radius 2 is 2.03 bits per heavy atom. The number of ether oxygens (including phenoxy) is 2. The Morgan fingerprint density at radius 1 is 1.24 bits per heavy atom. The van der Waals surface area contributed by atoms with Crippen LogP contribution in [0.25, 0.3) is 22.0 Å². The lowest BCUT2D eigenvalue weighted by Crippen LogP contribution is -2.13. The maximum atomic E-state index is 11.6. The largest absolute Gasteiger partial charge is 0.488 e. The number of carbonyl (C=O) groups is 1. The van der Waals surface area contributed by atoms with Gasteiger partial charge in [0.1, 0.15) is 5.75 Å². The van der Waals surface area contributed by atoms with Gasteiger partial charge in [0.05, 0.1) is 30.6 Å². The lowest BCUT2D eigenvalue weighted by atomic mass is 9.97. The number of methoxy groups -OCH3 is 1. The second-order valence-electron chi connectivity index (χ2n) is 7.70. The van der Waals surface area contributed by atoms with Gasteiger partial charge < -0.3 is 15.2 Å². The predicted octanol–water partition coefficient (Wildman–Crippen LogP) is 4.25. The summed E-state index contributed by atoms with van der Waals surface area (Å²) in [5.41, 5.74) is 11.1. The van der Waals surface area contributed by atoms with Crippen LogP contribution in [0.2, 0.25) is 0 Å². The Morgan fingerprint density at radius 3 is 2.79 bits per heavy atom. The van der Waals surface area contributed by atoms with E-state index in [1.165, 1.54) is 20.0 Å². The normalized spacial score (nSPS) is 14.4. The van der Waals surface area contributed by atoms with Crippen LogP contribution in [0, 0.1) is 0 Å². The van der Waals surface area contributed by atoms with E-state index in [1.807, 2.05) is 24.0 Å². The van der Waals surface area contributed by atoms with Crippen LogP contribution in [0.5, 0.6) is 5.75 Å². The van der Waals surface area contributed by atoms with E-state index in [9.17, 15) is 4.79 Å². The molecule has 1 fully saturated rings. The molecule has 4 rings (SSSR count). The van der Waals surface area contributed by atoms with Crippen molar-refractivity contribution in [1.29, 1.82) is 0 Å². The van der Waals surface area contributed by atoms with Gasteiger partial charge in [0.25, 0.3) is 0 Å². The highest BCUT2D eigenvalue weighted by Crippen LogP contribution is 2.40. The summed E-state index contributed by atoms with van der Waals surface area (Å²) in [6.45, 7) is 0. The van der Waals surface area contributed by atoms with Crippen LogP contribution in [0.1, 0.15) is 37.7 Å². The molecule has 0 aliphatic heterocycles. The van der Waals surface area contributed by atoms with Crippen molar-refractivity contribution in [1.82, 2.24) is 9.78 Å². The van der Waals surface area contributed by atoms with E-state index in [2.05, 4.69) is 29.4 Å². The van der Waals surface area contributed by atoms with Crippen LogP contribution in [0.3, 0.4) is 0 Å². The lowest BCUT2D eigenvalue weighted by molar-refractivity contribution is -0.140. The molecule has 1 saturated carbocycles. The van der Waals surface area contributed by atoms with E-state index in [0.717, 1.165) is 46.2 Å². The molecule has 0 atom stereocenters. The number of nitrogens with zero attached hydrogens (tertiary/aromatic N) is 2. The summed E-state index contributed by atoms with van der Waals surface area (Å²) in [5.74, 6) is 0.509. The molecule has 6 heteroatoms. The monoisotopic (exact) mass is 393 g/mol. The zero-order valence-corrected chi connectivity index (χ0v) is 17.0.